The van der Waals surface area contributed by atoms with Crippen LogP contribution >= 0.6 is 0 Å². The summed E-state index contributed by atoms with van der Waals surface area (Å²) in [6.07, 6.45) is -1.11. The largest absolute Gasteiger partial charge is 0.444 e. The number of carbonyl (C=O) groups is 1. The van der Waals surface area contributed by atoms with Gasteiger partial charge >= 0.3 is 6.09 Å². The number of rotatable bonds is 2. The SMILES string of the molecule is CC(O)[C@@H](NC(=O)OC(C)(C)C)C(C)(C)C. The van der Waals surface area contributed by atoms with Gasteiger partial charge in [-0.25, -0.2) is 4.79 Å². The molecule has 0 rings (SSSR count). The van der Waals surface area contributed by atoms with Crippen molar-refractivity contribution >= 4 is 6.09 Å². The molecule has 0 aliphatic rings. The van der Waals surface area contributed by atoms with Crippen LogP contribution < -0.4 is 5.32 Å². The van der Waals surface area contributed by atoms with Crippen molar-refractivity contribution in [3.05, 3.63) is 0 Å². The summed E-state index contributed by atoms with van der Waals surface area (Å²) < 4.78 is 5.15. The Balaban J connectivity index is 4.49. The molecule has 0 heterocycles. The molecule has 2 N–H and O–H groups in total. The van der Waals surface area contributed by atoms with E-state index in [0.29, 0.717) is 0 Å². The third-order valence-corrected chi connectivity index (χ3v) is 2.09. The number of hydrogen-bond acceptors (Lipinski definition) is 3. The Morgan fingerprint density at radius 1 is 1.19 bits per heavy atom. The van der Waals surface area contributed by atoms with E-state index in [1.54, 1.807) is 27.7 Å². The first-order valence-electron chi connectivity index (χ1n) is 5.61. The Morgan fingerprint density at radius 2 is 1.62 bits per heavy atom. The van der Waals surface area contributed by atoms with Crippen LogP contribution in [-0.2, 0) is 4.74 Å². The molecule has 1 amide bonds. The summed E-state index contributed by atoms with van der Waals surface area (Å²) >= 11 is 0. The van der Waals surface area contributed by atoms with Gasteiger partial charge in [-0.05, 0) is 33.1 Å². The number of ether oxygens (including phenoxy) is 1. The number of nitrogens with one attached hydrogen (secondary N) is 1. The molecule has 4 nitrogen and oxygen atoms in total. The Morgan fingerprint density at radius 3 is 1.88 bits per heavy atom. The highest BCUT2D eigenvalue weighted by atomic mass is 16.6. The van der Waals surface area contributed by atoms with Crippen LogP contribution in [0.4, 0.5) is 4.79 Å². The molecule has 0 aromatic heterocycles. The molecule has 0 aliphatic heterocycles. The molecule has 0 fully saturated rings. The molecule has 0 spiro atoms. The first-order chi connectivity index (χ1) is 6.93. The van der Waals surface area contributed by atoms with Crippen LogP contribution in [0.1, 0.15) is 48.5 Å². The quantitative estimate of drug-likeness (QED) is 0.766. The summed E-state index contributed by atoms with van der Waals surface area (Å²) in [7, 11) is 0. The molecular formula is C12H25NO3. The maximum Gasteiger partial charge on any atom is 0.407 e. The highest BCUT2D eigenvalue weighted by Gasteiger charge is 2.31. The number of carbonyl (C=O) groups excluding carboxylic acids is 1. The van der Waals surface area contributed by atoms with Crippen LogP contribution in [0.5, 0.6) is 0 Å². The summed E-state index contributed by atoms with van der Waals surface area (Å²) in [6, 6.07) is -0.331. The lowest BCUT2D eigenvalue weighted by molar-refractivity contribution is 0.0311. The minimum atomic E-state index is -0.618. The normalized spacial score (nSPS) is 16.5. The third kappa shape index (κ3) is 5.95. The molecular weight excluding hydrogens is 206 g/mol. The van der Waals surface area contributed by atoms with Crippen molar-refractivity contribution in [2.45, 2.75) is 66.2 Å². The fraction of sp³-hybridized carbons (Fsp3) is 0.917. The highest BCUT2D eigenvalue weighted by Crippen LogP contribution is 2.22. The van der Waals surface area contributed by atoms with Gasteiger partial charge in [-0.3, -0.25) is 0 Å². The molecule has 1 unspecified atom stereocenters. The lowest BCUT2D eigenvalue weighted by atomic mass is 9.84. The van der Waals surface area contributed by atoms with Crippen molar-refractivity contribution in [3.8, 4) is 0 Å². The lowest BCUT2D eigenvalue weighted by Gasteiger charge is -2.34. The van der Waals surface area contributed by atoms with Gasteiger partial charge in [-0.2, -0.15) is 0 Å². The van der Waals surface area contributed by atoms with Gasteiger partial charge in [0.2, 0.25) is 0 Å². The molecule has 0 saturated heterocycles. The summed E-state index contributed by atoms with van der Waals surface area (Å²) in [5.41, 5.74) is -0.740. The standard InChI is InChI=1S/C12H25NO3/c1-8(14)9(11(2,3)4)13-10(15)16-12(5,6)7/h8-9,14H,1-7H3,(H,13,15)/t8?,9-/m1/s1. The van der Waals surface area contributed by atoms with Gasteiger partial charge in [0.1, 0.15) is 5.60 Å². The molecule has 2 atom stereocenters. The Labute approximate surface area is 98.4 Å². The second-order valence-corrected chi connectivity index (χ2v) is 6.23. The highest BCUT2D eigenvalue weighted by molar-refractivity contribution is 5.68. The maximum atomic E-state index is 11.6. The number of amides is 1. The van der Waals surface area contributed by atoms with Gasteiger partial charge in [0.15, 0.2) is 0 Å². The predicted octanol–water partition coefficient (Wildman–Crippen LogP) is 2.31. The number of hydrogen-bond donors (Lipinski definition) is 2. The molecule has 0 aromatic carbocycles. The average molecular weight is 231 g/mol. The minimum Gasteiger partial charge on any atom is -0.444 e. The van der Waals surface area contributed by atoms with Gasteiger partial charge in [0, 0.05) is 0 Å². The van der Waals surface area contributed by atoms with Crippen molar-refractivity contribution in [2.75, 3.05) is 0 Å². The smallest absolute Gasteiger partial charge is 0.407 e. The number of aliphatic hydroxyl groups is 1. The van der Waals surface area contributed by atoms with E-state index in [4.69, 9.17) is 4.74 Å². The van der Waals surface area contributed by atoms with Crippen LogP contribution in [-0.4, -0.2) is 28.9 Å². The van der Waals surface area contributed by atoms with Crippen molar-refractivity contribution in [1.82, 2.24) is 5.32 Å². The van der Waals surface area contributed by atoms with E-state index in [1.165, 1.54) is 0 Å². The Kier molecular flexibility index (Phi) is 4.80. The minimum absolute atomic E-state index is 0.217. The zero-order valence-corrected chi connectivity index (χ0v) is 11.4. The van der Waals surface area contributed by atoms with E-state index < -0.39 is 17.8 Å². The lowest BCUT2D eigenvalue weighted by Crippen LogP contribution is -2.51. The Hall–Kier alpha value is -0.770. The first kappa shape index (κ1) is 15.2. The number of alkyl carbamates (subject to hydrolysis) is 1. The van der Waals surface area contributed by atoms with E-state index in [2.05, 4.69) is 5.32 Å². The van der Waals surface area contributed by atoms with Gasteiger partial charge in [0.05, 0.1) is 12.1 Å². The average Bonchev–Trinajstić information content (AvgIpc) is 1.93. The molecule has 0 saturated carbocycles. The van der Waals surface area contributed by atoms with Crippen LogP contribution in [0.3, 0.4) is 0 Å². The second kappa shape index (κ2) is 5.04. The van der Waals surface area contributed by atoms with Gasteiger partial charge < -0.3 is 15.2 Å². The van der Waals surface area contributed by atoms with Crippen LogP contribution in [0.25, 0.3) is 0 Å². The Bertz CT molecular complexity index is 236. The van der Waals surface area contributed by atoms with E-state index in [9.17, 15) is 9.90 Å². The summed E-state index contributed by atoms with van der Waals surface area (Å²) in [6.45, 7) is 13.0. The summed E-state index contributed by atoms with van der Waals surface area (Å²) in [5.74, 6) is 0. The fourth-order valence-electron chi connectivity index (χ4n) is 1.50. The van der Waals surface area contributed by atoms with Gasteiger partial charge in [0.25, 0.3) is 0 Å². The van der Waals surface area contributed by atoms with Gasteiger partial charge in [-0.1, -0.05) is 20.8 Å². The molecule has 0 bridgehead atoms. The molecule has 96 valence electrons. The van der Waals surface area contributed by atoms with Crippen molar-refractivity contribution in [2.24, 2.45) is 5.41 Å². The molecule has 0 aliphatic carbocycles. The topological polar surface area (TPSA) is 58.6 Å². The third-order valence-electron chi connectivity index (χ3n) is 2.09. The number of aliphatic hydroxyl groups excluding tert-OH is 1. The molecule has 4 heteroatoms. The second-order valence-electron chi connectivity index (χ2n) is 6.23. The van der Waals surface area contributed by atoms with Crippen molar-refractivity contribution < 1.29 is 14.6 Å². The van der Waals surface area contributed by atoms with E-state index in [0.717, 1.165) is 0 Å². The molecule has 16 heavy (non-hydrogen) atoms. The van der Waals surface area contributed by atoms with Crippen molar-refractivity contribution in [3.63, 3.8) is 0 Å². The van der Waals surface area contributed by atoms with E-state index >= 15 is 0 Å². The summed E-state index contributed by atoms with van der Waals surface area (Å²) in [4.78, 5) is 11.6. The van der Waals surface area contributed by atoms with Crippen LogP contribution in [0.2, 0.25) is 0 Å². The fourth-order valence-corrected chi connectivity index (χ4v) is 1.50. The van der Waals surface area contributed by atoms with Crippen LogP contribution in [0.15, 0.2) is 0 Å². The first-order valence-corrected chi connectivity index (χ1v) is 5.61. The van der Waals surface area contributed by atoms with Crippen molar-refractivity contribution in [1.29, 1.82) is 0 Å². The van der Waals surface area contributed by atoms with Crippen LogP contribution in [0, 0.1) is 5.41 Å². The maximum absolute atomic E-state index is 11.6. The zero-order valence-electron chi connectivity index (χ0n) is 11.4. The zero-order chi connectivity index (χ0) is 13.1. The monoisotopic (exact) mass is 231 g/mol. The molecule has 0 aromatic rings. The van der Waals surface area contributed by atoms with E-state index in [1.807, 2.05) is 20.8 Å². The van der Waals surface area contributed by atoms with Gasteiger partial charge in [-0.15, -0.1) is 0 Å². The predicted molar refractivity (Wildman–Crippen MR) is 64.3 cm³/mol. The van der Waals surface area contributed by atoms with E-state index in [-0.39, 0.29) is 11.5 Å². The molecule has 0 radical (unpaired) electrons. The summed E-state index contributed by atoms with van der Waals surface area (Å²) in [5, 5.41) is 12.3.